The van der Waals surface area contributed by atoms with Gasteiger partial charge in [-0.15, -0.1) is 0 Å². The van der Waals surface area contributed by atoms with Crippen LogP contribution in [0.1, 0.15) is 6.42 Å². The number of amides is 1. The van der Waals surface area contributed by atoms with Gasteiger partial charge in [0.25, 0.3) is 0 Å². The van der Waals surface area contributed by atoms with Crippen molar-refractivity contribution in [1.82, 2.24) is 4.90 Å². The maximum absolute atomic E-state index is 11.4. The van der Waals surface area contributed by atoms with Crippen LogP contribution >= 0.6 is 0 Å². The summed E-state index contributed by atoms with van der Waals surface area (Å²) >= 11 is 0. The van der Waals surface area contributed by atoms with Gasteiger partial charge >= 0.3 is 0 Å². The van der Waals surface area contributed by atoms with Crippen LogP contribution in [0.5, 0.6) is 0 Å². The largest absolute Gasteiger partial charge is 0.370 e. The minimum Gasteiger partial charge on any atom is -0.370 e. The molecule has 0 saturated carbocycles. The molecule has 0 aromatic rings. The van der Waals surface area contributed by atoms with Crippen molar-refractivity contribution < 1.29 is 4.79 Å². The van der Waals surface area contributed by atoms with Gasteiger partial charge in [0, 0.05) is 13.6 Å². The number of likely N-dealkylation sites (tertiary alicyclic amines) is 1. The van der Waals surface area contributed by atoms with Crippen LogP contribution < -0.4 is 17.2 Å². The number of carbonyl (C=O) groups is 1. The lowest BCUT2D eigenvalue weighted by molar-refractivity contribution is -0.127. The standard InChI is InChI=1S/C7H14N6O/c1-13-3-2-4(5(13)14)11-7(10)12-6(8)9/h4H,2-3H2,1H3,(H6,8,9,10,11,12). The molecule has 1 fully saturated rings. The molecule has 1 unspecified atom stereocenters. The minimum atomic E-state index is -0.442. The van der Waals surface area contributed by atoms with Gasteiger partial charge in [0.15, 0.2) is 5.96 Å². The summed E-state index contributed by atoms with van der Waals surface area (Å²) in [6, 6.07) is -0.442. The van der Waals surface area contributed by atoms with Crippen LogP contribution in [-0.4, -0.2) is 42.4 Å². The van der Waals surface area contributed by atoms with E-state index in [4.69, 9.17) is 17.2 Å². The fourth-order valence-electron chi connectivity index (χ4n) is 1.24. The number of likely N-dealkylation sites (N-methyl/N-ethyl adjacent to an activating group) is 1. The van der Waals surface area contributed by atoms with Crippen LogP contribution in [0, 0.1) is 0 Å². The highest BCUT2D eigenvalue weighted by Gasteiger charge is 2.28. The van der Waals surface area contributed by atoms with Crippen LogP contribution in [-0.2, 0) is 4.79 Å². The summed E-state index contributed by atoms with van der Waals surface area (Å²) in [4.78, 5) is 20.4. The number of hydrogen-bond acceptors (Lipinski definition) is 2. The molecule has 14 heavy (non-hydrogen) atoms. The van der Waals surface area contributed by atoms with Crippen LogP contribution in [0.2, 0.25) is 0 Å². The lowest BCUT2D eigenvalue weighted by Gasteiger charge is -2.06. The van der Waals surface area contributed by atoms with Crippen LogP contribution in [0.4, 0.5) is 0 Å². The number of aliphatic imine (C=N–C) groups is 2. The van der Waals surface area contributed by atoms with Crippen molar-refractivity contribution >= 4 is 17.8 Å². The van der Waals surface area contributed by atoms with E-state index < -0.39 is 6.04 Å². The van der Waals surface area contributed by atoms with Crippen molar-refractivity contribution in [3.8, 4) is 0 Å². The Morgan fingerprint density at radius 2 is 2.14 bits per heavy atom. The molecular formula is C7H14N6O. The summed E-state index contributed by atoms with van der Waals surface area (Å²) in [6.07, 6.45) is 0.649. The van der Waals surface area contributed by atoms with Crippen LogP contribution in [0.25, 0.3) is 0 Å². The van der Waals surface area contributed by atoms with Gasteiger partial charge in [-0.05, 0) is 6.42 Å². The van der Waals surface area contributed by atoms with Gasteiger partial charge in [-0.25, -0.2) is 4.99 Å². The van der Waals surface area contributed by atoms with E-state index in [9.17, 15) is 4.79 Å². The number of nitrogens with zero attached hydrogens (tertiary/aromatic N) is 3. The van der Waals surface area contributed by atoms with Crippen LogP contribution in [0.3, 0.4) is 0 Å². The summed E-state index contributed by atoms with van der Waals surface area (Å²) in [5.41, 5.74) is 15.6. The van der Waals surface area contributed by atoms with Crippen molar-refractivity contribution in [1.29, 1.82) is 0 Å². The van der Waals surface area contributed by atoms with Gasteiger partial charge < -0.3 is 22.1 Å². The SMILES string of the molecule is CN1CCC(N=C(N)N=C(N)N)C1=O. The third-order valence-corrected chi connectivity index (χ3v) is 1.93. The van der Waals surface area contributed by atoms with Crippen molar-refractivity contribution in [2.45, 2.75) is 12.5 Å². The van der Waals surface area contributed by atoms with E-state index in [1.807, 2.05) is 0 Å². The number of nitrogens with two attached hydrogens (primary N) is 3. The molecule has 0 aromatic carbocycles. The fourth-order valence-corrected chi connectivity index (χ4v) is 1.24. The second-order valence-electron chi connectivity index (χ2n) is 3.09. The van der Waals surface area contributed by atoms with Crippen molar-refractivity contribution in [2.75, 3.05) is 13.6 Å². The number of hydrogen-bond donors (Lipinski definition) is 3. The molecule has 1 atom stereocenters. The summed E-state index contributed by atoms with van der Waals surface area (Å²) in [5, 5.41) is 0. The first-order valence-electron chi connectivity index (χ1n) is 4.18. The molecule has 0 radical (unpaired) electrons. The van der Waals surface area contributed by atoms with E-state index in [2.05, 4.69) is 9.98 Å². The molecule has 6 N–H and O–H groups in total. The lowest BCUT2D eigenvalue weighted by atomic mass is 10.3. The van der Waals surface area contributed by atoms with Gasteiger partial charge in [0.2, 0.25) is 11.9 Å². The van der Waals surface area contributed by atoms with Crippen molar-refractivity contribution in [3.63, 3.8) is 0 Å². The first-order chi connectivity index (χ1) is 6.50. The fraction of sp³-hybridized carbons (Fsp3) is 0.571. The van der Waals surface area contributed by atoms with Crippen LogP contribution in [0.15, 0.2) is 9.98 Å². The molecule has 0 aliphatic carbocycles. The van der Waals surface area contributed by atoms with E-state index in [-0.39, 0.29) is 17.8 Å². The highest BCUT2D eigenvalue weighted by Crippen LogP contribution is 2.11. The second kappa shape index (κ2) is 3.95. The molecule has 1 aliphatic rings. The molecule has 1 rings (SSSR count). The monoisotopic (exact) mass is 198 g/mol. The summed E-state index contributed by atoms with van der Waals surface area (Å²) < 4.78 is 0. The zero-order chi connectivity index (χ0) is 10.7. The lowest BCUT2D eigenvalue weighted by Crippen LogP contribution is -2.29. The summed E-state index contributed by atoms with van der Waals surface area (Å²) in [7, 11) is 1.72. The Bertz CT molecular complexity index is 293. The first kappa shape index (κ1) is 10.3. The quantitative estimate of drug-likeness (QED) is 0.327. The Morgan fingerprint density at radius 1 is 1.50 bits per heavy atom. The van der Waals surface area contributed by atoms with E-state index in [0.717, 1.165) is 0 Å². The zero-order valence-corrected chi connectivity index (χ0v) is 7.97. The van der Waals surface area contributed by atoms with Gasteiger partial charge in [-0.3, -0.25) is 4.79 Å². The van der Waals surface area contributed by atoms with E-state index in [1.165, 1.54) is 0 Å². The molecule has 1 amide bonds. The molecule has 0 aromatic heterocycles. The second-order valence-corrected chi connectivity index (χ2v) is 3.09. The number of carbonyl (C=O) groups excluding carboxylic acids is 1. The van der Waals surface area contributed by atoms with Crippen molar-refractivity contribution in [2.24, 2.45) is 27.2 Å². The zero-order valence-electron chi connectivity index (χ0n) is 7.97. The molecule has 1 heterocycles. The van der Waals surface area contributed by atoms with Gasteiger partial charge in [0.1, 0.15) is 6.04 Å². The van der Waals surface area contributed by atoms with E-state index >= 15 is 0 Å². The third kappa shape index (κ3) is 2.35. The molecule has 1 aliphatic heterocycles. The van der Waals surface area contributed by atoms with E-state index in [1.54, 1.807) is 11.9 Å². The average molecular weight is 198 g/mol. The molecule has 78 valence electrons. The molecule has 7 nitrogen and oxygen atoms in total. The van der Waals surface area contributed by atoms with Crippen molar-refractivity contribution in [3.05, 3.63) is 0 Å². The molecule has 0 spiro atoms. The minimum absolute atomic E-state index is 0.0567. The predicted octanol–water partition coefficient (Wildman–Crippen LogP) is -2.19. The van der Waals surface area contributed by atoms with Gasteiger partial charge in [-0.2, -0.15) is 4.99 Å². The Balaban J connectivity index is 2.69. The maximum atomic E-state index is 11.4. The molecule has 7 heteroatoms. The summed E-state index contributed by atoms with van der Waals surface area (Å²) in [5.74, 6) is -0.276. The first-order valence-corrected chi connectivity index (χ1v) is 4.18. The van der Waals surface area contributed by atoms with Gasteiger partial charge in [0.05, 0.1) is 0 Å². The Labute approximate surface area is 81.7 Å². The Hall–Kier alpha value is -1.79. The molecular weight excluding hydrogens is 184 g/mol. The average Bonchev–Trinajstić information content (AvgIpc) is 2.34. The molecule has 0 bridgehead atoms. The predicted molar refractivity (Wildman–Crippen MR) is 53.5 cm³/mol. The van der Waals surface area contributed by atoms with Gasteiger partial charge in [-0.1, -0.05) is 0 Å². The van der Waals surface area contributed by atoms with E-state index in [0.29, 0.717) is 13.0 Å². The Morgan fingerprint density at radius 3 is 2.57 bits per heavy atom. The highest BCUT2D eigenvalue weighted by molar-refractivity contribution is 5.94. The number of rotatable bonds is 1. The highest BCUT2D eigenvalue weighted by atomic mass is 16.2. The summed E-state index contributed by atoms with van der Waals surface area (Å²) in [6.45, 7) is 0.683. The normalized spacial score (nSPS) is 22.6. The number of guanidine groups is 2. The maximum Gasteiger partial charge on any atom is 0.247 e. The Kier molecular flexibility index (Phi) is 2.90. The smallest absolute Gasteiger partial charge is 0.247 e. The third-order valence-electron chi connectivity index (χ3n) is 1.93. The molecule has 1 saturated heterocycles. The topological polar surface area (TPSA) is 123 Å².